The fourth-order valence-corrected chi connectivity index (χ4v) is 3.78. The van der Waals surface area contributed by atoms with Gasteiger partial charge in [0.15, 0.2) is 0 Å². The van der Waals surface area contributed by atoms with Crippen LogP contribution in [0.1, 0.15) is 51.9 Å². The Morgan fingerprint density at radius 3 is 2.67 bits per heavy atom. The van der Waals surface area contributed by atoms with Crippen molar-refractivity contribution in [1.82, 2.24) is 14.9 Å². The predicted molar refractivity (Wildman–Crippen MR) is 89.2 cm³/mol. The Morgan fingerprint density at radius 1 is 1.33 bits per heavy atom. The number of benzene rings is 1. The van der Waals surface area contributed by atoms with Gasteiger partial charge in [-0.25, -0.2) is 4.98 Å². The highest BCUT2D eigenvalue weighted by Gasteiger charge is 2.37. The minimum Gasteiger partial charge on any atom is -0.325 e. The fourth-order valence-electron chi connectivity index (χ4n) is 3.61. The zero-order valence-electron chi connectivity index (χ0n) is 13.1. The van der Waals surface area contributed by atoms with Gasteiger partial charge in [-0.05, 0) is 64.4 Å². The van der Waals surface area contributed by atoms with Crippen molar-refractivity contribution in [1.29, 1.82) is 0 Å². The Balaban J connectivity index is 2.22. The van der Waals surface area contributed by atoms with Crippen LogP contribution in [0.5, 0.6) is 0 Å². The molecule has 2 heterocycles. The van der Waals surface area contributed by atoms with Gasteiger partial charge in [0.2, 0.25) is 0 Å². The molecule has 1 fully saturated rings. The lowest BCUT2D eigenvalue weighted by atomic mass is 9.75. The first-order valence-corrected chi connectivity index (χ1v) is 8.34. The van der Waals surface area contributed by atoms with Gasteiger partial charge in [-0.15, -0.1) is 0 Å². The third-order valence-corrected chi connectivity index (χ3v) is 5.11. The number of aromatic nitrogens is 2. The number of rotatable bonds is 3. The van der Waals surface area contributed by atoms with Crippen LogP contribution in [0.15, 0.2) is 18.2 Å². The molecule has 0 amide bonds. The van der Waals surface area contributed by atoms with Gasteiger partial charge in [-0.2, -0.15) is 0 Å². The quantitative estimate of drug-likeness (QED) is 0.916. The van der Waals surface area contributed by atoms with Gasteiger partial charge in [0.25, 0.3) is 0 Å². The van der Waals surface area contributed by atoms with Crippen molar-refractivity contribution in [2.75, 3.05) is 13.1 Å². The highest BCUT2D eigenvalue weighted by Crippen LogP contribution is 2.39. The minimum atomic E-state index is 0.195. The number of hydrogen-bond acceptors (Lipinski definition) is 2. The molecule has 1 aromatic heterocycles. The Labute approximate surface area is 131 Å². The van der Waals surface area contributed by atoms with E-state index in [1.54, 1.807) is 0 Å². The third kappa shape index (κ3) is 2.47. The Morgan fingerprint density at radius 2 is 2.05 bits per heavy atom. The summed E-state index contributed by atoms with van der Waals surface area (Å²) in [6, 6.07) is 6.47. The highest BCUT2D eigenvalue weighted by atomic mass is 35.5. The summed E-state index contributed by atoms with van der Waals surface area (Å²) in [6.07, 6.45) is 3.46. The lowest BCUT2D eigenvalue weighted by molar-refractivity contribution is 0.271. The first kappa shape index (κ1) is 14.9. The number of nitrogens with one attached hydrogen (secondary N) is 1. The molecule has 0 unspecified atom stereocenters. The highest BCUT2D eigenvalue weighted by molar-refractivity contribution is 6.31. The molecule has 1 aliphatic heterocycles. The molecule has 4 heteroatoms. The molecule has 0 aliphatic carbocycles. The lowest BCUT2D eigenvalue weighted by Crippen LogP contribution is -2.41. The van der Waals surface area contributed by atoms with Gasteiger partial charge < -0.3 is 9.88 Å². The zero-order chi connectivity index (χ0) is 15.0. The van der Waals surface area contributed by atoms with Crippen LogP contribution in [0.4, 0.5) is 0 Å². The van der Waals surface area contributed by atoms with E-state index in [0.717, 1.165) is 42.9 Å². The number of halogens is 1. The van der Waals surface area contributed by atoms with Crippen molar-refractivity contribution < 1.29 is 0 Å². The van der Waals surface area contributed by atoms with Crippen LogP contribution in [-0.4, -0.2) is 22.6 Å². The van der Waals surface area contributed by atoms with E-state index < -0.39 is 0 Å². The topological polar surface area (TPSA) is 29.9 Å². The molecular formula is C17H24ClN3. The number of nitrogens with zero attached hydrogens (tertiary/aromatic N) is 2. The van der Waals surface area contributed by atoms with E-state index in [2.05, 4.69) is 36.7 Å². The molecule has 3 nitrogen and oxygen atoms in total. The number of piperidine rings is 1. The molecule has 0 atom stereocenters. The maximum Gasteiger partial charge on any atom is 0.116 e. The average molecular weight is 306 g/mol. The zero-order valence-corrected chi connectivity index (χ0v) is 13.9. The van der Waals surface area contributed by atoms with Crippen molar-refractivity contribution in [3.8, 4) is 0 Å². The van der Waals surface area contributed by atoms with Crippen LogP contribution in [0.25, 0.3) is 11.0 Å². The first-order valence-electron chi connectivity index (χ1n) is 7.96. The van der Waals surface area contributed by atoms with Gasteiger partial charge in [0, 0.05) is 16.5 Å². The number of fused-ring (bicyclic) bond motifs is 1. The van der Waals surface area contributed by atoms with Crippen LogP contribution in [0, 0.1) is 0 Å². The van der Waals surface area contributed by atoms with Gasteiger partial charge >= 0.3 is 0 Å². The van der Waals surface area contributed by atoms with Gasteiger partial charge in [0.05, 0.1) is 11.0 Å². The molecule has 0 radical (unpaired) electrons. The summed E-state index contributed by atoms with van der Waals surface area (Å²) in [5.41, 5.74) is 2.43. The molecule has 21 heavy (non-hydrogen) atoms. The summed E-state index contributed by atoms with van der Waals surface area (Å²) < 4.78 is 2.42. The van der Waals surface area contributed by atoms with E-state index in [1.807, 2.05) is 12.1 Å². The van der Waals surface area contributed by atoms with Gasteiger partial charge in [-0.1, -0.05) is 18.5 Å². The molecule has 1 saturated heterocycles. The summed E-state index contributed by atoms with van der Waals surface area (Å²) in [5.74, 6) is 1.25. The molecule has 0 saturated carbocycles. The van der Waals surface area contributed by atoms with Gasteiger partial charge in [0.1, 0.15) is 5.82 Å². The van der Waals surface area contributed by atoms with Crippen LogP contribution in [-0.2, 0) is 5.41 Å². The predicted octanol–water partition coefficient (Wildman–Crippen LogP) is 4.30. The maximum absolute atomic E-state index is 6.15. The van der Waals surface area contributed by atoms with E-state index in [0.29, 0.717) is 6.04 Å². The summed E-state index contributed by atoms with van der Waals surface area (Å²) in [5, 5.41) is 4.24. The van der Waals surface area contributed by atoms with Crippen molar-refractivity contribution in [2.45, 2.75) is 51.5 Å². The van der Waals surface area contributed by atoms with E-state index in [1.165, 1.54) is 11.3 Å². The Kier molecular flexibility index (Phi) is 3.98. The molecule has 2 aromatic rings. The Hall–Kier alpha value is -1.06. The minimum absolute atomic E-state index is 0.195. The molecule has 0 spiro atoms. The van der Waals surface area contributed by atoms with Crippen molar-refractivity contribution >= 4 is 22.6 Å². The Bertz CT molecular complexity index is 639. The molecule has 3 rings (SSSR count). The summed E-state index contributed by atoms with van der Waals surface area (Å²) in [4.78, 5) is 5.01. The molecule has 1 aromatic carbocycles. The summed E-state index contributed by atoms with van der Waals surface area (Å²) >= 11 is 6.15. The molecule has 1 aliphatic rings. The van der Waals surface area contributed by atoms with Crippen LogP contribution < -0.4 is 5.32 Å². The van der Waals surface area contributed by atoms with Gasteiger partial charge in [-0.3, -0.25) is 0 Å². The van der Waals surface area contributed by atoms with E-state index >= 15 is 0 Å². The van der Waals surface area contributed by atoms with Crippen molar-refractivity contribution in [3.63, 3.8) is 0 Å². The number of hydrogen-bond donors (Lipinski definition) is 1. The lowest BCUT2D eigenvalue weighted by Gasteiger charge is -2.37. The normalized spacial score (nSPS) is 18.5. The molecule has 1 N–H and O–H groups in total. The molecular weight excluding hydrogens is 282 g/mol. The second kappa shape index (κ2) is 5.62. The monoisotopic (exact) mass is 305 g/mol. The third-order valence-electron chi connectivity index (χ3n) is 4.88. The smallest absolute Gasteiger partial charge is 0.116 e. The van der Waals surface area contributed by atoms with Crippen LogP contribution in [0.2, 0.25) is 5.02 Å². The van der Waals surface area contributed by atoms with Crippen molar-refractivity contribution in [3.05, 3.63) is 29.0 Å². The standard InChI is InChI=1S/C17H24ClN3/c1-4-17(7-9-19-10-8-17)16-20-14-11-13(18)5-6-15(14)21(16)12(2)3/h5-6,11-12,19H,4,7-10H2,1-3H3. The van der Waals surface area contributed by atoms with E-state index in [9.17, 15) is 0 Å². The molecule has 114 valence electrons. The van der Waals surface area contributed by atoms with E-state index in [-0.39, 0.29) is 5.41 Å². The second-order valence-corrected chi connectivity index (χ2v) is 6.85. The number of imidazole rings is 1. The first-order chi connectivity index (χ1) is 10.1. The fraction of sp³-hybridized carbons (Fsp3) is 0.588. The average Bonchev–Trinajstić information content (AvgIpc) is 2.87. The maximum atomic E-state index is 6.15. The van der Waals surface area contributed by atoms with E-state index in [4.69, 9.17) is 16.6 Å². The summed E-state index contributed by atoms with van der Waals surface area (Å²) in [7, 11) is 0. The second-order valence-electron chi connectivity index (χ2n) is 6.42. The van der Waals surface area contributed by atoms with Crippen LogP contribution >= 0.6 is 11.6 Å². The molecule has 0 bridgehead atoms. The summed E-state index contributed by atoms with van der Waals surface area (Å²) in [6.45, 7) is 8.93. The van der Waals surface area contributed by atoms with Crippen molar-refractivity contribution in [2.24, 2.45) is 0 Å². The SMILES string of the molecule is CCC1(c2nc3cc(Cl)ccc3n2C(C)C)CCNCC1. The van der Waals surface area contributed by atoms with Crippen LogP contribution in [0.3, 0.4) is 0 Å². The largest absolute Gasteiger partial charge is 0.325 e.